The summed E-state index contributed by atoms with van der Waals surface area (Å²) in [7, 11) is -1.84. The number of anilines is 1. The molecule has 4 nitrogen and oxygen atoms in total. The van der Waals surface area contributed by atoms with Gasteiger partial charge in [-0.2, -0.15) is 0 Å². The van der Waals surface area contributed by atoms with Gasteiger partial charge in [-0.05, 0) is 12.1 Å². The molecule has 1 aliphatic heterocycles. The summed E-state index contributed by atoms with van der Waals surface area (Å²) in [6.07, 6.45) is 0. The van der Waals surface area contributed by atoms with Crippen molar-refractivity contribution in [3.8, 4) is 0 Å². The second-order valence-electron chi connectivity index (χ2n) is 3.18. The fourth-order valence-electron chi connectivity index (χ4n) is 1.47. The highest BCUT2D eigenvalue weighted by Crippen LogP contribution is 2.29. The van der Waals surface area contributed by atoms with Crippen LogP contribution in [0.4, 0.5) is 5.69 Å². The lowest BCUT2D eigenvalue weighted by Gasteiger charge is -2.25. The van der Waals surface area contributed by atoms with Gasteiger partial charge in [-0.1, -0.05) is 12.1 Å². The van der Waals surface area contributed by atoms with E-state index in [1.807, 2.05) is 0 Å². The maximum Gasteiger partial charge on any atom is 0.242 e. The van der Waals surface area contributed by atoms with Crippen molar-refractivity contribution in [3.05, 3.63) is 24.3 Å². The molecule has 74 valence electrons. The lowest BCUT2D eigenvalue weighted by molar-refractivity contribution is -0.116. The third kappa shape index (κ3) is 1.21. The fraction of sp³-hybridized carbons (Fsp3) is 0.222. The predicted octanol–water partition coefficient (Wildman–Crippen LogP) is 0.437. The first-order chi connectivity index (χ1) is 6.52. The van der Waals surface area contributed by atoms with E-state index in [1.165, 1.54) is 11.0 Å². The molecule has 0 bridgehead atoms. The zero-order chi connectivity index (χ0) is 10.3. The van der Waals surface area contributed by atoms with E-state index in [0.717, 1.165) is 0 Å². The molecule has 1 heterocycles. The monoisotopic (exact) mass is 211 g/mol. The molecule has 1 aliphatic rings. The first kappa shape index (κ1) is 9.21. The van der Waals surface area contributed by atoms with Crippen molar-refractivity contribution in [2.45, 2.75) is 4.90 Å². The number of amides is 1. The number of hydrogen-bond acceptors (Lipinski definition) is 3. The average Bonchev–Trinajstić information content (AvgIpc) is 2.14. The molecule has 5 heteroatoms. The van der Waals surface area contributed by atoms with E-state index in [0.29, 0.717) is 5.69 Å². The highest BCUT2D eigenvalue weighted by molar-refractivity contribution is 7.92. The van der Waals surface area contributed by atoms with Crippen molar-refractivity contribution in [3.63, 3.8) is 0 Å². The molecule has 0 spiro atoms. The summed E-state index contributed by atoms with van der Waals surface area (Å²) in [5.74, 6) is -0.816. The molecular formula is C9H9NO3S. The predicted molar refractivity (Wildman–Crippen MR) is 51.9 cm³/mol. The van der Waals surface area contributed by atoms with Gasteiger partial charge in [0.1, 0.15) is 5.75 Å². The van der Waals surface area contributed by atoms with Crippen LogP contribution >= 0.6 is 0 Å². The van der Waals surface area contributed by atoms with Crippen molar-refractivity contribution >= 4 is 21.4 Å². The van der Waals surface area contributed by atoms with Gasteiger partial charge < -0.3 is 4.90 Å². The first-order valence-corrected chi connectivity index (χ1v) is 5.76. The smallest absolute Gasteiger partial charge is 0.242 e. The Morgan fingerprint density at radius 3 is 2.64 bits per heavy atom. The van der Waals surface area contributed by atoms with Crippen LogP contribution in [0.1, 0.15) is 0 Å². The summed E-state index contributed by atoms with van der Waals surface area (Å²) in [6.45, 7) is 0. The Hall–Kier alpha value is -1.36. The molecule has 0 radical (unpaired) electrons. The molecule has 0 saturated carbocycles. The van der Waals surface area contributed by atoms with E-state index in [9.17, 15) is 13.2 Å². The Morgan fingerprint density at radius 1 is 1.29 bits per heavy atom. The number of carbonyl (C=O) groups excluding carboxylic acids is 1. The number of hydrogen-bond donors (Lipinski definition) is 0. The van der Waals surface area contributed by atoms with Crippen LogP contribution in [0.3, 0.4) is 0 Å². The van der Waals surface area contributed by atoms with Gasteiger partial charge in [-0.3, -0.25) is 4.79 Å². The Labute approximate surface area is 82.1 Å². The quantitative estimate of drug-likeness (QED) is 0.625. The molecular weight excluding hydrogens is 202 g/mol. The number of fused-ring (bicyclic) bond motifs is 1. The second-order valence-corrected chi connectivity index (χ2v) is 5.14. The molecule has 1 aromatic carbocycles. The number of benzene rings is 1. The number of nitrogens with zero attached hydrogens (tertiary/aromatic N) is 1. The number of sulfone groups is 1. The Bertz CT molecular complexity index is 493. The molecule has 1 aromatic rings. The van der Waals surface area contributed by atoms with Gasteiger partial charge in [0.15, 0.2) is 9.84 Å². The van der Waals surface area contributed by atoms with Crippen LogP contribution in [0, 0.1) is 0 Å². The topological polar surface area (TPSA) is 54.5 Å². The molecule has 14 heavy (non-hydrogen) atoms. The lowest BCUT2D eigenvalue weighted by atomic mass is 10.3. The van der Waals surface area contributed by atoms with Crippen molar-refractivity contribution < 1.29 is 13.2 Å². The van der Waals surface area contributed by atoms with Crippen LogP contribution in [0.5, 0.6) is 0 Å². The van der Waals surface area contributed by atoms with Gasteiger partial charge in [0, 0.05) is 7.05 Å². The molecule has 1 amide bonds. The summed E-state index contributed by atoms with van der Waals surface area (Å²) >= 11 is 0. The van der Waals surface area contributed by atoms with E-state index in [1.54, 1.807) is 25.2 Å². The van der Waals surface area contributed by atoms with Gasteiger partial charge >= 0.3 is 0 Å². The van der Waals surface area contributed by atoms with E-state index in [2.05, 4.69) is 0 Å². The van der Waals surface area contributed by atoms with E-state index < -0.39 is 15.6 Å². The lowest BCUT2D eigenvalue weighted by Crippen LogP contribution is -2.37. The summed E-state index contributed by atoms with van der Waals surface area (Å²) in [6, 6.07) is 6.51. The Kier molecular flexibility index (Phi) is 1.85. The highest BCUT2D eigenvalue weighted by Gasteiger charge is 2.31. The Balaban J connectivity index is 2.74. The summed E-state index contributed by atoms with van der Waals surface area (Å²) in [4.78, 5) is 12.9. The van der Waals surface area contributed by atoms with E-state index in [-0.39, 0.29) is 10.8 Å². The van der Waals surface area contributed by atoms with Gasteiger partial charge in [0.05, 0.1) is 10.6 Å². The maximum absolute atomic E-state index is 11.6. The normalized spacial score (nSPS) is 19.2. The fourth-order valence-corrected chi connectivity index (χ4v) is 2.95. The molecule has 0 unspecified atom stereocenters. The summed E-state index contributed by atoms with van der Waals surface area (Å²) in [5.41, 5.74) is 0.462. The van der Waals surface area contributed by atoms with Crippen LogP contribution in [-0.2, 0) is 14.6 Å². The third-order valence-corrected chi connectivity index (χ3v) is 3.89. The SMILES string of the molecule is CN1C(=O)CS(=O)(=O)c2ccccc21. The molecule has 0 aliphatic carbocycles. The van der Waals surface area contributed by atoms with Crippen LogP contribution in [0.15, 0.2) is 29.2 Å². The minimum absolute atomic E-state index is 0.238. The zero-order valence-electron chi connectivity index (χ0n) is 7.60. The van der Waals surface area contributed by atoms with Gasteiger partial charge in [0.25, 0.3) is 0 Å². The summed E-state index contributed by atoms with van der Waals surface area (Å²) < 4.78 is 23.2. The maximum atomic E-state index is 11.6. The number of rotatable bonds is 0. The average molecular weight is 211 g/mol. The van der Waals surface area contributed by atoms with Crippen molar-refractivity contribution in [1.29, 1.82) is 0 Å². The molecule has 0 aromatic heterocycles. The third-order valence-electron chi connectivity index (χ3n) is 2.25. The molecule has 0 atom stereocenters. The minimum Gasteiger partial charge on any atom is -0.313 e. The van der Waals surface area contributed by atoms with Crippen LogP contribution < -0.4 is 4.90 Å². The summed E-state index contributed by atoms with van der Waals surface area (Å²) in [5, 5.41) is 0. The largest absolute Gasteiger partial charge is 0.313 e. The highest BCUT2D eigenvalue weighted by atomic mass is 32.2. The van der Waals surface area contributed by atoms with Crippen LogP contribution in [-0.4, -0.2) is 27.1 Å². The van der Waals surface area contributed by atoms with Gasteiger partial charge in [-0.25, -0.2) is 8.42 Å². The standard InChI is InChI=1S/C9H9NO3S/c1-10-7-4-2-3-5-8(7)14(12,13)6-9(10)11/h2-5H,6H2,1H3. The van der Waals surface area contributed by atoms with Crippen molar-refractivity contribution in [2.24, 2.45) is 0 Å². The second kappa shape index (κ2) is 2.81. The minimum atomic E-state index is -3.42. The van der Waals surface area contributed by atoms with Crippen LogP contribution in [0.2, 0.25) is 0 Å². The molecule has 0 N–H and O–H groups in total. The number of para-hydroxylation sites is 1. The molecule has 0 fully saturated rings. The van der Waals surface area contributed by atoms with E-state index in [4.69, 9.17) is 0 Å². The van der Waals surface area contributed by atoms with Crippen molar-refractivity contribution in [1.82, 2.24) is 0 Å². The van der Waals surface area contributed by atoms with Crippen molar-refractivity contribution in [2.75, 3.05) is 17.7 Å². The first-order valence-electron chi connectivity index (χ1n) is 4.11. The zero-order valence-corrected chi connectivity index (χ0v) is 8.41. The van der Waals surface area contributed by atoms with Gasteiger partial charge in [-0.15, -0.1) is 0 Å². The molecule has 0 saturated heterocycles. The van der Waals surface area contributed by atoms with Crippen LogP contribution in [0.25, 0.3) is 0 Å². The van der Waals surface area contributed by atoms with Gasteiger partial charge in [0.2, 0.25) is 5.91 Å². The Morgan fingerprint density at radius 2 is 1.93 bits per heavy atom. The number of carbonyl (C=O) groups is 1. The van der Waals surface area contributed by atoms with E-state index >= 15 is 0 Å². The molecule has 2 rings (SSSR count).